The first kappa shape index (κ1) is 28.4. The summed E-state index contributed by atoms with van der Waals surface area (Å²) in [6.45, 7) is 13.3. The fourth-order valence-electron chi connectivity index (χ4n) is 7.76. The van der Waals surface area contributed by atoms with Crippen molar-refractivity contribution in [3.63, 3.8) is 0 Å². The maximum Gasteiger partial charge on any atom is 0.0949 e. The quantitative estimate of drug-likeness (QED) is 0.315. The van der Waals surface area contributed by atoms with Crippen LogP contribution in [0, 0.1) is 0 Å². The Labute approximate surface area is 269 Å². The van der Waals surface area contributed by atoms with Crippen molar-refractivity contribution < 1.29 is 0 Å². The maximum atomic E-state index is 5.29. The van der Waals surface area contributed by atoms with Crippen LogP contribution in [0.3, 0.4) is 0 Å². The lowest BCUT2D eigenvalue weighted by Gasteiger charge is -2.12. The number of pyridine rings is 1. The molecule has 2 N–H and O–H groups in total. The van der Waals surface area contributed by atoms with Crippen LogP contribution < -0.4 is 15.9 Å². The lowest BCUT2D eigenvalue weighted by Crippen LogP contribution is -2.15. The number of benzene rings is 1. The Balaban J connectivity index is 1.54. The number of aromatic amines is 1. The molecule has 0 amide bonds. The van der Waals surface area contributed by atoms with E-state index in [2.05, 4.69) is 94.4 Å². The Morgan fingerprint density at radius 1 is 0.674 bits per heavy atom. The molecule has 6 nitrogen and oxygen atoms in total. The molecule has 46 heavy (non-hydrogen) atoms. The molecule has 0 saturated carbocycles. The number of aliphatic imine (C=N–C) groups is 3. The Hall–Kier alpha value is -5.10. The van der Waals surface area contributed by atoms with E-state index in [0.717, 1.165) is 104 Å². The second kappa shape index (κ2) is 10.8. The van der Waals surface area contributed by atoms with E-state index in [9.17, 15) is 0 Å². The van der Waals surface area contributed by atoms with Gasteiger partial charge < -0.3 is 10.3 Å². The highest BCUT2D eigenvalue weighted by molar-refractivity contribution is 6.26. The molecule has 5 aliphatic rings. The molecule has 2 aromatic heterocycles. The molecule has 6 heteroatoms. The van der Waals surface area contributed by atoms with Crippen molar-refractivity contribution >= 4 is 62.7 Å². The molecule has 0 aliphatic carbocycles. The largest absolute Gasteiger partial charge is 0.359 e. The SMILES string of the molecule is CCC1=C(C)C2=NC1=Cc1[nH]c(c3c1c1c(c4ncccc43)NC=CC=1)=CC1=NC(=CC3=NC(=C2)C(CC)=C3CC)C(C)=C1CC. The summed E-state index contributed by atoms with van der Waals surface area (Å²) in [7, 11) is 0. The molecule has 0 atom stereocenters. The van der Waals surface area contributed by atoms with Crippen molar-refractivity contribution in [2.45, 2.75) is 67.2 Å². The summed E-state index contributed by atoms with van der Waals surface area (Å²) in [6, 6.07) is 4.20. The van der Waals surface area contributed by atoms with Gasteiger partial charge in [-0.1, -0.05) is 39.8 Å². The van der Waals surface area contributed by atoms with Crippen molar-refractivity contribution in [1.29, 1.82) is 0 Å². The van der Waals surface area contributed by atoms with E-state index < -0.39 is 0 Å². The number of fused-ring (bicyclic) bond motifs is 13. The van der Waals surface area contributed by atoms with E-state index in [-0.39, 0.29) is 0 Å². The van der Waals surface area contributed by atoms with Crippen LogP contribution in [0.15, 0.2) is 108 Å². The van der Waals surface area contributed by atoms with Gasteiger partial charge in [0.15, 0.2) is 0 Å². The monoisotopic (exact) mass is 602 g/mol. The van der Waals surface area contributed by atoms with Gasteiger partial charge in [-0.05, 0) is 109 Å². The molecule has 228 valence electrons. The van der Waals surface area contributed by atoms with Crippen LogP contribution in [0.1, 0.15) is 72.9 Å². The Bertz CT molecular complexity index is 2370. The normalized spacial score (nSPS) is 18.7. The number of aromatic nitrogens is 2. The van der Waals surface area contributed by atoms with Gasteiger partial charge in [0.1, 0.15) is 0 Å². The summed E-state index contributed by atoms with van der Waals surface area (Å²) < 4.78 is 0. The third kappa shape index (κ3) is 4.09. The molecule has 8 rings (SSSR count). The molecule has 0 radical (unpaired) electrons. The average molecular weight is 603 g/mol. The van der Waals surface area contributed by atoms with E-state index in [1.807, 2.05) is 18.5 Å². The van der Waals surface area contributed by atoms with Crippen LogP contribution in [0.5, 0.6) is 0 Å². The van der Waals surface area contributed by atoms with Crippen molar-refractivity contribution in [3.05, 3.63) is 110 Å². The zero-order valence-corrected chi connectivity index (χ0v) is 27.4. The van der Waals surface area contributed by atoms with E-state index >= 15 is 0 Å². The number of anilines is 1. The number of H-pyrrole nitrogens is 1. The standard InChI is InChI=1S/C40H38N6/c1-7-23-21(5)29-17-33-25(9-3)26(10-4)34(45-33)18-30-22(6)24(8-2)32(44-30)20-36-38-28-14-12-16-42-40(28)39-27(13-11-15-41-39)37(38)35(46-36)19-31(23)43-29/h11-20,41,46H,7-10H2,1-6H3. The van der Waals surface area contributed by atoms with Gasteiger partial charge in [0.2, 0.25) is 0 Å². The third-order valence-corrected chi connectivity index (χ3v) is 10.0. The van der Waals surface area contributed by atoms with Crippen LogP contribution in [-0.2, 0) is 0 Å². The fourth-order valence-corrected chi connectivity index (χ4v) is 7.76. The van der Waals surface area contributed by atoms with Crippen molar-refractivity contribution in [2.24, 2.45) is 15.0 Å². The topological polar surface area (TPSA) is 77.8 Å². The van der Waals surface area contributed by atoms with Gasteiger partial charge >= 0.3 is 0 Å². The number of nitrogens with one attached hydrogen (secondary N) is 2. The predicted octanol–water partition coefficient (Wildman–Crippen LogP) is 8.27. The Morgan fingerprint density at radius 2 is 1.37 bits per heavy atom. The fraction of sp³-hybridized carbons (Fsp3) is 0.250. The molecule has 1 aromatic carbocycles. The minimum absolute atomic E-state index is 0.893. The summed E-state index contributed by atoms with van der Waals surface area (Å²) in [5.41, 5.74) is 16.6. The molecule has 0 fully saturated rings. The lowest BCUT2D eigenvalue weighted by molar-refractivity contribution is 1.05. The van der Waals surface area contributed by atoms with Gasteiger partial charge in [-0.25, -0.2) is 15.0 Å². The summed E-state index contributed by atoms with van der Waals surface area (Å²) in [5, 5.41) is 9.07. The van der Waals surface area contributed by atoms with Crippen molar-refractivity contribution in [2.75, 3.05) is 5.32 Å². The van der Waals surface area contributed by atoms with Crippen LogP contribution >= 0.6 is 0 Å². The van der Waals surface area contributed by atoms with E-state index in [1.165, 1.54) is 33.4 Å². The van der Waals surface area contributed by atoms with Crippen LogP contribution in [0.4, 0.5) is 5.69 Å². The first-order valence-corrected chi connectivity index (χ1v) is 16.6. The molecule has 5 aliphatic heterocycles. The summed E-state index contributed by atoms with van der Waals surface area (Å²) in [4.78, 5) is 24.5. The highest BCUT2D eigenvalue weighted by Gasteiger charge is 2.27. The van der Waals surface area contributed by atoms with Crippen molar-refractivity contribution in [1.82, 2.24) is 9.97 Å². The van der Waals surface area contributed by atoms with E-state index in [4.69, 9.17) is 20.0 Å². The van der Waals surface area contributed by atoms with E-state index in [0.29, 0.717) is 0 Å². The van der Waals surface area contributed by atoms with Gasteiger partial charge in [-0.15, -0.1) is 0 Å². The highest BCUT2D eigenvalue weighted by atomic mass is 14.9. The summed E-state index contributed by atoms with van der Waals surface area (Å²) in [5.74, 6) is 0. The molecule has 3 aromatic rings. The zero-order valence-electron chi connectivity index (χ0n) is 27.4. The first-order valence-electron chi connectivity index (χ1n) is 16.6. The van der Waals surface area contributed by atoms with E-state index in [1.54, 1.807) is 0 Å². The Kier molecular flexibility index (Phi) is 6.64. The third-order valence-electron chi connectivity index (χ3n) is 10.0. The van der Waals surface area contributed by atoms with Gasteiger partial charge in [-0.2, -0.15) is 0 Å². The van der Waals surface area contributed by atoms with Gasteiger partial charge in [-0.3, -0.25) is 4.98 Å². The number of hydrogen-bond acceptors (Lipinski definition) is 5. The minimum atomic E-state index is 0.893. The number of rotatable bonds is 4. The number of nitrogens with zero attached hydrogens (tertiary/aromatic N) is 4. The Morgan fingerprint density at radius 3 is 2.15 bits per heavy atom. The lowest BCUT2D eigenvalue weighted by atomic mass is 9.96. The van der Waals surface area contributed by atoms with Gasteiger partial charge in [0.05, 0.1) is 45.4 Å². The smallest absolute Gasteiger partial charge is 0.0949 e. The predicted molar refractivity (Wildman–Crippen MR) is 195 cm³/mol. The molecule has 0 saturated heterocycles. The van der Waals surface area contributed by atoms with Crippen LogP contribution in [-0.4, -0.2) is 27.1 Å². The molecular weight excluding hydrogens is 564 g/mol. The van der Waals surface area contributed by atoms with Crippen molar-refractivity contribution in [3.8, 4) is 0 Å². The van der Waals surface area contributed by atoms with Crippen LogP contribution in [0.25, 0.3) is 39.9 Å². The molecule has 0 unspecified atom stereocenters. The first-order chi connectivity index (χ1) is 22.4. The number of hydrogen-bond donors (Lipinski definition) is 2. The highest BCUT2D eigenvalue weighted by Crippen LogP contribution is 2.37. The second-order valence-electron chi connectivity index (χ2n) is 12.4. The van der Waals surface area contributed by atoms with Crippen LogP contribution in [0.2, 0.25) is 0 Å². The molecule has 7 heterocycles. The average Bonchev–Trinajstić information content (AvgIpc) is 3.78. The number of allylic oxidation sites excluding steroid dienone is 9. The van der Waals surface area contributed by atoms with Gasteiger partial charge in [0.25, 0.3) is 0 Å². The molecular formula is C40H38N6. The van der Waals surface area contributed by atoms with Gasteiger partial charge in [0, 0.05) is 44.8 Å². The maximum absolute atomic E-state index is 5.29. The molecule has 0 spiro atoms. The minimum Gasteiger partial charge on any atom is -0.359 e. The molecule has 8 bridgehead atoms. The zero-order chi connectivity index (χ0) is 31.7. The summed E-state index contributed by atoms with van der Waals surface area (Å²) in [6.07, 6.45) is 20.6. The second-order valence-corrected chi connectivity index (χ2v) is 12.4. The summed E-state index contributed by atoms with van der Waals surface area (Å²) >= 11 is 0.